The Balaban J connectivity index is 1.76. The lowest BCUT2D eigenvalue weighted by Crippen LogP contribution is -2.62. The van der Waals surface area contributed by atoms with Crippen molar-refractivity contribution >= 4 is 21.8 Å². The third kappa shape index (κ3) is 2.63. The minimum atomic E-state index is -3.71. The molecule has 0 unspecified atom stereocenters. The minimum absolute atomic E-state index is 0.0812. The van der Waals surface area contributed by atoms with E-state index in [1.54, 1.807) is 0 Å². The number of hydrogen-bond donors (Lipinski definition) is 0. The van der Waals surface area contributed by atoms with Crippen molar-refractivity contribution in [1.29, 1.82) is 0 Å². The van der Waals surface area contributed by atoms with E-state index in [-0.39, 0.29) is 48.7 Å². The quantitative estimate of drug-likeness (QED) is 0.703. The van der Waals surface area contributed by atoms with Crippen LogP contribution in [-0.2, 0) is 19.6 Å². The standard InChI is InChI=1S/C15H18N2O6S/c1-22-12-4-3-11(7-13(12)23-2)24(20,21)16-8-10(9-16)17-14(18)5-6-15(17)19/h3-4,7,10H,5-6,8-9H2,1-2H3. The molecule has 3 rings (SSSR count). The highest BCUT2D eigenvalue weighted by Crippen LogP contribution is 2.33. The molecule has 0 spiro atoms. The first-order chi connectivity index (χ1) is 11.4. The molecular formula is C15H18N2O6S. The zero-order chi connectivity index (χ0) is 17.5. The molecule has 2 heterocycles. The van der Waals surface area contributed by atoms with Gasteiger partial charge in [-0.2, -0.15) is 4.31 Å². The Labute approximate surface area is 140 Å². The third-order valence-electron chi connectivity index (χ3n) is 4.28. The van der Waals surface area contributed by atoms with Crippen molar-refractivity contribution in [2.75, 3.05) is 27.3 Å². The summed E-state index contributed by atoms with van der Waals surface area (Å²) in [4.78, 5) is 24.7. The summed E-state index contributed by atoms with van der Waals surface area (Å²) >= 11 is 0. The van der Waals surface area contributed by atoms with Crippen LogP contribution in [0.25, 0.3) is 0 Å². The number of hydrogen-bond acceptors (Lipinski definition) is 6. The van der Waals surface area contributed by atoms with Gasteiger partial charge in [0.05, 0.1) is 25.2 Å². The molecule has 1 aromatic carbocycles. The van der Waals surface area contributed by atoms with E-state index in [2.05, 4.69) is 0 Å². The van der Waals surface area contributed by atoms with Crippen LogP contribution in [0.3, 0.4) is 0 Å². The Morgan fingerprint density at radius 1 is 1.00 bits per heavy atom. The molecule has 130 valence electrons. The smallest absolute Gasteiger partial charge is 0.243 e. The molecule has 2 aliphatic heterocycles. The van der Waals surface area contributed by atoms with Gasteiger partial charge >= 0.3 is 0 Å². The van der Waals surface area contributed by atoms with Crippen LogP contribution in [0.2, 0.25) is 0 Å². The number of sulfonamides is 1. The highest BCUT2D eigenvalue weighted by molar-refractivity contribution is 7.89. The Hall–Kier alpha value is -2.13. The van der Waals surface area contributed by atoms with Crippen LogP contribution in [0.15, 0.2) is 23.1 Å². The zero-order valence-electron chi connectivity index (χ0n) is 13.4. The second-order valence-corrected chi connectivity index (χ2v) is 7.59. The minimum Gasteiger partial charge on any atom is -0.493 e. The van der Waals surface area contributed by atoms with E-state index in [9.17, 15) is 18.0 Å². The van der Waals surface area contributed by atoms with Gasteiger partial charge in [0.2, 0.25) is 21.8 Å². The molecule has 0 atom stereocenters. The van der Waals surface area contributed by atoms with Gasteiger partial charge in [0.15, 0.2) is 11.5 Å². The molecule has 2 saturated heterocycles. The number of amides is 2. The van der Waals surface area contributed by atoms with E-state index < -0.39 is 10.0 Å². The first-order valence-electron chi connectivity index (χ1n) is 7.45. The van der Waals surface area contributed by atoms with Gasteiger partial charge < -0.3 is 9.47 Å². The number of likely N-dealkylation sites (tertiary alicyclic amines) is 1. The van der Waals surface area contributed by atoms with Crippen molar-refractivity contribution in [3.63, 3.8) is 0 Å². The van der Waals surface area contributed by atoms with Gasteiger partial charge in [0, 0.05) is 32.0 Å². The molecule has 0 aliphatic carbocycles. The molecule has 9 heteroatoms. The molecule has 0 saturated carbocycles. The van der Waals surface area contributed by atoms with Crippen molar-refractivity contribution in [3.05, 3.63) is 18.2 Å². The van der Waals surface area contributed by atoms with Gasteiger partial charge in [-0.05, 0) is 12.1 Å². The van der Waals surface area contributed by atoms with E-state index >= 15 is 0 Å². The fraction of sp³-hybridized carbons (Fsp3) is 0.467. The summed E-state index contributed by atoms with van der Waals surface area (Å²) in [5.74, 6) is 0.299. The normalized spacial score (nSPS) is 19.5. The third-order valence-corrected chi connectivity index (χ3v) is 6.10. The first-order valence-corrected chi connectivity index (χ1v) is 8.89. The van der Waals surface area contributed by atoms with Crippen molar-refractivity contribution < 1.29 is 27.5 Å². The van der Waals surface area contributed by atoms with Crippen LogP contribution in [0.5, 0.6) is 11.5 Å². The monoisotopic (exact) mass is 354 g/mol. The number of nitrogens with zero attached hydrogens (tertiary/aromatic N) is 2. The van der Waals surface area contributed by atoms with E-state index in [1.807, 2.05) is 0 Å². The lowest BCUT2D eigenvalue weighted by molar-refractivity contribution is -0.143. The Kier molecular flexibility index (Phi) is 4.22. The molecule has 0 bridgehead atoms. The number of benzene rings is 1. The van der Waals surface area contributed by atoms with E-state index in [4.69, 9.17) is 9.47 Å². The lowest BCUT2D eigenvalue weighted by Gasteiger charge is -2.41. The molecule has 2 fully saturated rings. The Morgan fingerprint density at radius 2 is 1.58 bits per heavy atom. The van der Waals surface area contributed by atoms with Crippen LogP contribution < -0.4 is 9.47 Å². The Bertz CT molecular complexity index is 769. The highest BCUT2D eigenvalue weighted by atomic mass is 32.2. The predicted octanol–water partition coefficient (Wildman–Crippen LogP) is 0.226. The summed E-state index contributed by atoms with van der Waals surface area (Å²) in [5, 5.41) is 0. The van der Waals surface area contributed by atoms with Gasteiger partial charge in [0.1, 0.15) is 0 Å². The van der Waals surface area contributed by atoms with Gasteiger partial charge in [0.25, 0.3) is 0 Å². The predicted molar refractivity (Wildman–Crippen MR) is 83.2 cm³/mol. The first kappa shape index (κ1) is 16.7. The molecule has 24 heavy (non-hydrogen) atoms. The highest BCUT2D eigenvalue weighted by Gasteiger charge is 2.45. The largest absolute Gasteiger partial charge is 0.493 e. The molecule has 0 aromatic heterocycles. The molecule has 8 nitrogen and oxygen atoms in total. The summed E-state index contributed by atoms with van der Waals surface area (Å²) in [6.07, 6.45) is 0.412. The van der Waals surface area contributed by atoms with E-state index in [0.717, 1.165) is 0 Å². The fourth-order valence-electron chi connectivity index (χ4n) is 2.90. The SMILES string of the molecule is COc1ccc(S(=O)(=O)N2CC(N3C(=O)CCC3=O)C2)cc1OC. The average Bonchev–Trinajstić information content (AvgIpc) is 2.85. The summed E-state index contributed by atoms with van der Waals surface area (Å²) < 4.78 is 36.8. The summed E-state index contributed by atoms with van der Waals surface area (Å²) in [7, 11) is -0.811. The van der Waals surface area contributed by atoms with Crippen LogP contribution in [0.4, 0.5) is 0 Å². The zero-order valence-corrected chi connectivity index (χ0v) is 14.2. The summed E-state index contributed by atoms with van der Waals surface area (Å²) in [6.45, 7) is 0.238. The topological polar surface area (TPSA) is 93.2 Å². The summed E-state index contributed by atoms with van der Waals surface area (Å²) in [5.41, 5.74) is 0. The van der Waals surface area contributed by atoms with Crippen molar-refractivity contribution in [3.8, 4) is 11.5 Å². The van der Waals surface area contributed by atoms with Gasteiger partial charge in [-0.15, -0.1) is 0 Å². The van der Waals surface area contributed by atoms with Crippen LogP contribution in [-0.4, -0.2) is 62.8 Å². The van der Waals surface area contributed by atoms with Crippen LogP contribution in [0, 0.1) is 0 Å². The number of carbonyl (C=O) groups is 2. The Morgan fingerprint density at radius 3 is 2.12 bits per heavy atom. The van der Waals surface area contributed by atoms with Crippen LogP contribution in [0.1, 0.15) is 12.8 Å². The number of carbonyl (C=O) groups excluding carboxylic acids is 2. The average molecular weight is 354 g/mol. The molecule has 0 N–H and O–H groups in total. The summed E-state index contributed by atoms with van der Waals surface area (Å²) in [6, 6.07) is 3.99. The molecule has 2 aliphatic rings. The maximum atomic E-state index is 12.6. The molecule has 2 amide bonds. The molecule has 0 radical (unpaired) electrons. The van der Waals surface area contributed by atoms with Crippen molar-refractivity contribution in [1.82, 2.24) is 9.21 Å². The van der Waals surface area contributed by atoms with Gasteiger partial charge in [-0.1, -0.05) is 0 Å². The van der Waals surface area contributed by atoms with E-state index in [0.29, 0.717) is 11.5 Å². The molecular weight excluding hydrogens is 336 g/mol. The van der Waals surface area contributed by atoms with Gasteiger partial charge in [-0.25, -0.2) is 8.42 Å². The number of ether oxygens (including phenoxy) is 2. The molecule has 1 aromatic rings. The van der Waals surface area contributed by atoms with Crippen molar-refractivity contribution in [2.24, 2.45) is 0 Å². The van der Waals surface area contributed by atoms with Crippen molar-refractivity contribution in [2.45, 2.75) is 23.8 Å². The maximum absolute atomic E-state index is 12.6. The second kappa shape index (κ2) is 6.06. The fourth-order valence-corrected chi connectivity index (χ4v) is 4.43. The van der Waals surface area contributed by atoms with E-state index in [1.165, 1.54) is 41.6 Å². The number of rotatable bonds is 5. The number of methoxy groups -OCH3 is 2. The second-order valence-electron chi connectivity index (χ2n) is 5.65. The van der Waals surface area contributed by atoms with Crippen LogP contribution >= 0.6 is 0 Å². The lowest BCUT2D eigenvalue weighted by atomic mass is 10.1. The van der Waals surface area contributed by atoms with Gasteiger partial charge in [-0.3, -0.25) is 14.5 Å². The number of imide groups is 1. The maximum Gasteiger partial charge on any atom is 0.243 e.